The SMILES string of the molecule is CCCCCCN1C(=O)/C(=C/c2cc3cccc(C)c3nc2N2CCC(C)CC2)SC1=S. The molecule has 0 radical (unpaired) electrons. The molecule has 1 aromatic heterocycles. The van der Waals surface area contributed by atoms with Crippen LogP contribution in [-0.2, 0) is 4.79 Å². The Morgan fingerprint density at radius 3 is 2.75 bits per heavy atom. The van der Waals surface area contributed by atoms with Gasteiger partial charge in [-0.15, -0.1) is 0 Å². The number of anilines is 1. The van der Waals surface area contributed by atoms with Crippen LogP contribution < -0.4 is 4.90 Å². The van der Waals surface area contributed by atoms with Gasteiger partial charge in [0, 0.05) is 30.6 Å². The van der Waals surface area contributed by atoms with Crippen LogP contribution in [0.3, 0.4) is 0 Å². The standard InChI is InChI=1S/C26H33N3OS2/c1-4-5-6-7-13-29-25(30)22(32-26(29)31)17-21-16-20-10-8-9-19(3)23(20)27-24(21)28-14-11-18(2)12-15-28/h8-10,16-18H,4-7,11-15H2,1-3H3/b22-17-. The van der Waals surface area contributed by atoms with Crippen LogP contribution in [0.15, 0.2) is 29.2 Å². The molecule has 1 aromatic carbocycles. The van der Waals surface area contributed by atoms with Gasteiger partial charge in [0.2, 0.25) is 0 Å². The Bertz CT molecular complexity index is 1040. The highest BCUT2D eigenvalue weighted by Gasteiger charge is 2.32. The number of pyridine rings is 1. The Balaban J connectivity index is 1.67. The van der Waals surface area contributed by atoms with E-state index in [1.807, 2.05) is 6.08 Å². The van der Waals surface area contributed by atoms with Crippen molar-refractivity contribution in [2.24, 2.45) is 5.92 Å². The number of rotatable bonds is 7. The van der Waals surface area contributed by atoms with Crippen molar-refractivity contribution in [3.8, 4) is 0 Å². The van der Waals surface area contributed by atoms with Crippen molar-refractivity contribution >= 4 is 57.0 Å². The molecule has 4 rings (SSSR count). The first-order chi connectivity index (χ1) is 15.5. The molecular weight excluding hydrogens is 434 g/mol. The predicted octanol–water partition coefficient (Wildman–Crippen LogP) is 6.56. The van der Waals surface area contributed by atoms with Crippen molar-refractivity contribution < 1.29 is 4.79 Å². The number of benzene rings is 1. The lowest BCUT2D eigenvalue weighted by atomic mass is 9.98. The number of nitrogens with zero attached hydrogens (tertiary/aromatic N) is 3. The van der Waals surface area contributed by atoms with Gasteiger partial charge in [-0.25, -0.2) is 4.98 Å². The number of amides is 1. The minimum atomic E-state index is 0.0408. The Hall–Kier alpha value is -1.92. The Kier molecular flexibility index (Phi) is 7.51. The molecule has 0 bridgehead atoms. The average Bonchev–Trinajstić information content (AvgIpc) is 3.04. The number of hydrogen-bond donors (Lipinski definition) is 0. The number of para-hydroxylation sites is 1. The third-order valence-corrected chi connectivity index (χ3v) is 7.91. The summed E-state index contributed by atoms with van der Waals surface area (Å²) in [5.74, 6) is 1.78. The normalized spacial score (nSPS) is 19.0. The van der Waals surface area contributed by atoms with Gasteiger partial charge in [-0.2, -0.15) is 0 Å². The van der Waals surface area contributed by atoms with Crippen LogP contribution >= 0.6 is 24.0 Å². The van der Waals surface area contributed by atoms with E-state index in [1.165, 1.54) is 43.0 Å². The van der Waals surface area contributed by atoms with Crippen LogP contribution in [0, 0.1) is 12.8 Å². The molecule has 2 saturated heterocycles. The van der Waals surface area contributed by atoms with Crippen LogP contribution in [0.4, 0.5) is 5.82 Å². The Morgan fingerprint density at radius 2 is 2.00 bits per heavy atom. The summed E-state index contributed by atoms with van der Waals surface area (Å²) in [4.78, 5) is 23.1. The maximum Gasteiger partial charge on any atom is 0.266 e. The molecule has 2 aliphatic rings. The monoisotopic (exact) mass is 467 g/mol. The van der Waals surface area contributed by atoms with Gasteiger partial charge < -0.3 is 4.90 Å². The van der Waals surface area contributed by atoms with Gasteiger partial charge in [0.05, 0.1) is 10.4 Å². The van der Waals surface area contributed by atoms with Crippen molar-refractivity contribution in [1.82, 2.24) is 9.88 Å². The van der Waals surface area contributed by atoms with Gasteiger partial charge in [0.25, 0.3) is 5.91 Å². The van der Waals surface area contributed by atoms with E-state index < -0.39 is 0 Å². The Labute approximate surface area is 201 Å². The molecular formula is C26H33N3OS2. The highest BCUT2D eigenvalue weighted by atomic mass is 32.2. The summed E-state index contributed by atoms with van der Waals surface area (Å²) in [6, 6.07) is 8.48. The molecule has 0 saturated carbocycles. The molecule has 0 unspecified atom stereocenters. The lowest BCUT2D eigenvalue weighted by molar-refractivity contribution is -0.122. The van der Waals surface area contributed by atoms with Gasteiger partial charge >= 0.3 is 0 Å². The Morgan fingerprint density at radius 1 is 1.22 bits per heavy atom. The smallest absolute Gasteiger partial charge is 0.266 e. The van der Waals surface area contributed by atoms with Crippen LogP contribution in [0.1, 0.15) is 63.5 Å². The van der Waals surface area contributed by atoms with E-state index in [-0.39, 0.29) is 5.91 Å². The van der Waals surface area contributed by atoms with E-state index in [9.17, 15) is 4.79 Å². The van der Waals surface area contributed by atoms with Gasteiger partial charge in [0.15, 0.2) is 0 Å². The van der Waals surface area contributed by atoms with E-state index in [1.54, 1.807) is 4.90 Å². The second kappa shape index (κ2) is 10.3. The van der Waals surface area contributed by atoms with E-state index in [0.717, 1.165) is 54.1 Å². The third kappa shape index (κ3) is 5.01. The predicted molar refractivity (Wildman–Crippen MR) is 141 cm³/mol. The summed E-state index contributed by atoms with van der Waals surface area (Å²) < 4.78 is 0.677. The summed E-state index contributed by atoms with van der Waals surface area (Å²) in [5, 5.41) is 1.11. The number of piperidine rings is 1. The van der Waals surface area contributed by atoms with E-state index >= 15 is 0 Å². The quantitative estimate of drug-likeness (QED) is 0.262. The third-order valence-electron chi connectivity index (χ3n) is 6.53. The van der Waals surface area contributed by atoms with Gasteiger partial charge in [-0.3, -0.25) is 9.69 Å². The summed E-state index contributed by atoms with van der Waals surface area (Å²) >= 11 is 6.98. The number of fused-ring (bicyclic) bond motifs is 1. The number of thioether (sulfide) groups is 1. The molecule has 0 aliphatic carbocycles. The van der Waals surface area contributed by atoms with Gasteiger partial charge in [-0.1, -0.05) is 75.3 Å². The molecule has 0 atom stereocenters. The number of aromatic nitrogens is 1. The van der Waals surface area contributed by atoms with Crippen molar-refractivity contribution in [1.29, 1.82) is 0 Å². The number of carbonyl (C=O) groups excluding carboxylic acids is 1. The molecule has 4 nitrogen and oxygen atoms in total. The van der Waals surface area contributed by atoms with Crippen LogP contribution in [0.5, 0.6) is 0 Å². The van der Waals surface area contributed by atoms with Crippen molar-refractivity contribution in [2.75, 3.05) is 24.5 Å². The van der Waals surface area contributed by atoms with Crippen LogP contribution in [0.25, 0.3) is 17.0 Å². The zero-order chi connectivity index (χ0) is 22.7. The minimum absolute atomic E-state index is 0.0408. The fraction of sp³-hybridized carbons (Fsp3) is 0.500. The van der Waals surface area contributed by atoms with E-state index in [2.05, 4.69) is 49.9 Å². The number of aryl methyl sites for hydroxylation is 1. The maximum absolute atomic E-state index is 13.1. The maximum atomic E-state index is 13.1. The molecule has 2 aliphatic heterocycles. The number of thiocarbonyl (C=S) groups is 1. The second-order valence-electron chi connectivity index (χ2n) is 9.11. The van der Waals surface area contributed by atoms with Crippen molar-refractivity contribution in [2.45, 2.75) is 59.3 Å². The molecule has 0 N–H and O–H groups in total. The highest BCUT2D eigenvalue weighted by molar-refractivity contribution is 8.26. The number of hydrogen-bond acceptors (Lipinski definition) is 5. The summed E-state index contributed by atoms with van der Waals surface area (Å²) in [6.07, 6.45) is 8.89. The van der Waals surface area contributed by atoms with Crippen molar-refractivity contribution in [3.05, 3.63) is 40.3 Å². The van der Waals surface area contributed by atoms with Crippen molar-refractivity contribution in [3.63, 3.8) is 0 Å². The zero-order valence-electron chi connectivity index (χ0n) is 19.4. The van der Waals surface area contributed by atoms with E-state index in [0.29, 0.717) is 15.8 Å². The number of unbranched alkanes of at least 4 members (excludes halogenated alkanes) is 3. The molecule has 170 valence electrons. The fourth-order valence-electron chi connectivity index (χ4n) is 4.46. The summed E-state index contributed by atoms with van der Waals surface area (Å²) in [6.45, 7) is 9.36. The first-order valence-corrected chi connectivity index (χ1v) is 13.1. The highest BCUT2D eigenvalue weighted by Crippen LogP contribution is 2.36. The molecule has 1 amide bonds. The second-order valence-corrected chi connectivity index (χ2v) is 10.8. The molecule has 2 aromatic rings. The lowest BCUT2D eigenvalue weighted by Crippen LogP contribution is -2.34. The molecule has 3 heterocycles. The van der Waals surface area contributed by atoms with Crippen LogP contribution in [-0.4, -0.2) is 39.7 Å². The first-order valence-electron chi connectivity index (χ1n) is 11.9. The molecule has 0 spiro atoms. The first kappa shape index (κ1) is 23.2. The molecule has 6 heteroatoms. The average molecular weight is 468 g/mol. The van der Waals surface area contributed by atoms with Gasteiger partial charge in [-0.05, 0) is 49.8 Å². The molecule has 32 heavy (non-hydrogen) atoms. The number of carbonyl (C=O) groups is 1. The van der Waals surface area contributed by atoms with Crippen LogP contribution in [0.2, 0.25) is 0 Å². The fourth-order valence-corrected chi connectivity index (χ4v) is 5.76. The largest absolute Gasteiger partial charge is 0.356 e. The summed E-state index contributed by atoms with van der Waals surface area (Å²) in [5.41, 5.74) is 3.24. The summed E-state index contributed by atoms with van der Waals surface area (Å²) in [7, 11) is 0. The minimum Gasteiger partial charge on any atom is -0.356 e. The zero-order valence-corrected chi connectivity index (χ0v) is 21.0. The van der Waals surface area contributed by atoms with Gasteiger partial charge in [0.1, 0.15) is 10.1 Å². The topological polar surface area (TPSA) is 36.4 Å². The lowest BCUT2D eigenvalue weighted by Gasteiger charge is -2.32. The molecule has 2 fully saturated rings. The van der Waals surface area contributed by atoms with E-state index in [4.69, 9.17) is 17.2 Å².